The molecule has 1 unspecified atom stereocenters. The van der Waals surface area contributed by atoms with Crippen molar-refractivity contribution in [2.75, 3.05) is 0 Å². The van der Waals surface area contributed by atoms with Crippen LogP contribution in [0.1, 0.15) is 19.3 Å². The fourth-order valence-corrected chi connectivity index (χ4v) is 1.14. The van der Waals surface area contributed by atoms with Crippen LogP contribution in [0, 0.1) is 0 Å². The molecular weight excluding hydrogens is 118 g/mol. The second-order valence-electron chi connectivity index (χ2n) is 2.09. The van der Waals surface area contributed by atoms with Crippen LogP contribution in [0.4, 0.5) is 0 Å². The summed E-state index contributed by atoms with van der Waals surface area (Å²) in [6, 6.07) is 0.520. The summed E-state index contributed by atoms with van der Waals surface area (Å²) in [5.74, 6) is 0. The Labute approximate surface area is 55.7 Å². The van der Waals surface area contributed by atoms with E-state index in [0.717, 1.165) is 0 Å². The lowest BCUT2D eigenvalue weighted by atomic mass is 10.0. The van der Waals surface area contributed by atoms with Gasteiger partial charge in [0.25, 0.3) is 0 Å². The van der Waals surface area contributed by atoms with Crippen LogP contribution in [0.3, 0.4) is 0 Å². The molecule has 0 fully saturated rings. The van der Waals surface area contributed by atoms with E-state index in [0.29, 0.717) is 6.04 Å². The minimum Gasteiger partial charge on any atom is -0.260 e. The second-order valence-corrected chi connectivity index (χ2v) is 2.35. The van der Waals surface area contributed by atoms with Crippen LogP contribution >= 0.6 is 12.8 Å². The number of hydrogen-bond donors (Lipinski definition) is 2. The molecule has 0 heterocycles. The van der Waals surface area contributed by atoms with E-state index in [2.05, 4.69) is 29.7 Å². The fraction of sp³-hybridized carbons (Fsp3) is 0.667. The first-order valence-electron chi connectivity index (χ1n) is 3.00. The van der Waals surface area contributed by atoms with Crippen molar-refractivity contribution in [2.45, 2.75) is 25.3 Å². The summed E-state index contributed by atoms with van der Waals surface area (Å²) in [6.07, 6.45) is 8.16. The molecule has 1 rings (SSSR count). The van der Waals surface area contributed by atoms with Gasteiger partial charge in [0.2, 0.25) is 0 Å². The largest absolute Gasteiger partial charge is 0.260 e. The Kier molecular flexibility index (Phi) is 2.43. The minimum absolute atomic E-state index is 0.520. The van der Waals surface area contributed by atoms with Crippen LogP contribution in [-0.2, 0) is 0 Å². The Balaban J connectivity index is 2.32. The minimum atomic E-state index is 0.520. The molecule has 1 atom stereocenters. The van der Waals surface area contributed by atoms with Crippen LogP contribution in [0.25, 0.3) is 0 Å². The van der Waals surface area contributed by atoms with Crippen LogP contribution in [-0.4, -0.2) is 6.04 Å². The van der Waals surface area contributed by atoms with Gasteiger partial charge in [0.1, 0.15) is 0 Å². The number of hydrogen-bond acceptors (Lipinski definition) is 2. The van der Waals surface area contributed by atoms with E-state index in [1.807, 2.05) is 0 Å². The molecule has 0 amide bonds. The third-order valence-corrected chi connectivity index (χ3v) is 1.75. The van der Waals surface area contributed by atoms with Gasteiger partial charge in [-0.15, -0.1) is 0 Å². The van der Waals surface area contributed by atoms with Gasteiger partial charge in [-0.2, -0.15) is 0 Å². The highest BCUT2D eigenvalue weighted by atomic mass is 32.1. The normalized spacial score (nSPS) is 28.4. The van der Waals surface area contributed by atoms with Crippen molar-refractivity contribution < 1.29 is 0 Å². The predicted molar refractivity (Wildman–Crippen MR) is 38.9 cm³/mol. The van der Waals surface area contributed by atoms with Crippen molar-refractivity contribution in [3.05, 3.63) is 12.2 Å². The van der Waals surface area contributed by atoms with Crippen molar-refractivity contribution in [3.63, 3.8) is 0 Å². The van der Waals surface area contributed by atoms with E-state index >= 15 is 0 Å². The molecule has 8 heavy (non-hydrogen) atoms. The van der Waals surface area contributed by atoms with Gasteiger partial charge in [-0.25, -0.2) is 0 Å². The van der Waals surface area contributed by atoms with Gasteiger partial charge in [-0.3, -0.25) is 4.72 Å². The van der Waals surface area contributed by atoms with Crippen molar-refractivity contribution in [1.82, 2.24) is 4.72 Å². The van der Waals surface area contributed by atoms with Crippen LogP contribution < -0.4 is 4.72 Å². The zero-order valence-electron chi connectivity index (χ0n) is 4.80. The van der Waals surface area contributed by atoms with Crippen LogP contribution in [0.15, 0.2) is 12.2 Å². The van der Waals surface area contributed by atoms with Crippen molar-refractivity contribution in [1.29, 1.82) is 0 Å². The molecule has 1 N–H and O–H groups in total. The van der Waals surface area contributed by atoms with Crippen LogP contribution in [0.5, 0.6) is 0 Å². The Bertz CT molecular complexity index is 90.5. The lowest BCUT2D eigenvalue weighted by Crippen LogP contribution is -2.19. The van der Waals surface area contributed by atoms with Gasteiger partial charge in [0, 0.05) is 6.04 Å². The highest BCUT2D eigenvalue weighted by molar-refractivity contribution is 7.78. The Morgan fingerprint density at radius 1 is 1.62 bits per heavy atom. The molecule has 0 saturated carbocycles. The zero-order valence-corrected chi connectivity index (χ0v) is 5.70. The SMILES string of the molecule is SNC1C=CCCC1. The van der Waals surface area contributed by atoms with Crippen LogP contribution in [0.2, 0.25) is 0 Å². The fourth-order valence-electron chi connectivity index (χ4n) is 0.920. The monoisotopic (exact) mass is 129 g/mol. The first-order valence-corrected chi connectivity index (χ1v) is 3.44. The number of nitrogens with one attached hydrogen (secondary N) is 1. The lowest BCUT2D eigenvalue weighted by Gasteiger charge is -2.13. The molecule has 1 nitrogen and oxygen atoms in total. The van der Waals surface area contributed by atoms with Crippen molar-refractivity contribution in [3.8, 4) is 0 Å². The standard InChI is InChI=1S/C6H11NS/c8-7-6-4-2-1-3-5-6/h2,4,6-8H,1,3,5H2. The number of rotatable bonds is 1. The van der Waals surface area contributed by atoms with E-state index in [1.165, 1.54) is 19.3 Å². The third-order valence-electron chi connectivity index (χ3n) is 1.42. The molecule has 0 spiro atoms. The topological polar surface area (TPSA) is 12.0 Å². The maximum absolute atomic E-state index is 3.96. The van der Waals surface area contributed by atoms with Gasteiger partial charge in [-0.1, -0.05) is 25.0 Å². The Morgan fingerprint density at radius 3 is 2.88 bits per heavy atom. The molecule has 0 aromatic heterocycles. The third kappa shape index (κ3) is 1.53. The summed E-state index contributed by atoms with van der Waals surface area (Å²) >= 11 is 3.96. The summed E-state index contributed by atoms with van der Waals surface area (Å²) in [7, 11) is 0. The highest BCUT2D eigenvalue weighted by Gasteiger charge is 2.03. The molecule has 0 bridgehead atoms. The first-order chi connectivity index (χ1) is 3.93. The summed E-state index contributed by atoms with van der Waals surface area (Å²) in [5.41, 5.74) is 0. The predicted octanol–water partition coefficient (Wildman–Crippen LogP) is 1.53. The van der Waals surface area contributed by atoms with Gasteiger partial charge < -0.3 is 0 Å². The van der Waals surface area contributed by atoms with Gasteiger partial charge >= 0.3 is 0 Å². The molecule has 2 heteroatoms. The zero-order chi connectivity index (χ0) is 5.82. The Morgan fingerprint density at radius 2 is 2.50 bits per heavy atom. The molecule has 0 aromatic rings. The van der Waals surface area contributed by atoms with Gasteiger partial charge in [0.15, 0.2) is 0 Å². The molecule has 1 aliphatic carbocycles. The molecule has 0 aliphatic heterocycles. The summed E-state index contributed by atoms with van der Waals surface area (Å²) in [6.45, 7) is 0. The average Bonchev–Trinajstić information content (AvgIpc) is 1.90. The quantitative estimate of drug-likeness (QED) is 0.404. The molecular formula is C6H11NS. The van der Waals surface area contributed by atoms with E-state index in [4.69, 9.17) is 0 Å². The molecule has 0 aromatic carbocycles. The summed E-state index contributed by atoms with van der Waals surface area (Å²) in [4.78, 5) is 0. The molecule has 0 radical (unpaired) electrons. The van der Waals surface area contributed by atoms with Crippen molar-refractivity contribution >= 4 is 12.8 Å². The molecule has 0 saturated heterocycles. The van der Waals surface area contributed by atoms with E-state index in [9.17, 15) is 0 Å². The maximum atomic E-state index is 3.96. The molecule has 46 valence electrons. The number of thiol groups is 1. The van der Waals surface area contributed by atoms with E-state index < -0.39 is 0 Å². The number of allylic oxidation sites excluding steroid dienone is 1. The highest BCUT2D eigenvalue weighted by Crippen LogP contribution is 2.09. The first kappa shape index (κ1) is 6.17. The van der Waals surface area contributed by atoms with E-state index in [1.54, 1.807) is 0 Å². The lowest BCUT2D eigenvalue weighted by molar-refractivity contribution is 0.619. The smallest absolute Gasteiger partial charge is 0.0349 e. The van der Waals surface area contributed by atoms with Gasteiger partial charge in [-0.05, 0) is 19.3 Å². The Hall–Kier alpha value is 0.0500. The molecule has 1 aliphatic rings. The average molecular weight is 129 g/mol. The van der Waals surface area contributed by atoms with E-state index in [-0.39, 0.29) is 0 Å². The van der Waals surface area contributed by atoms with Gasteiger partial charge in [0.05, 0.1) is 0 Å². The summed E-state index contributed by atoms with van der Waals surface area (Å²) < 4.78 is 2.91. The van der Waals surface area contributed by atoms with Crippen molar-refractivity contribution in [2.24, 2.45) is 0 Å². The second kappa shape index (κ2) is 3.15. The summed E-state index contributed by atoms with van der Waals surface area (Å²) in [5, 5.41) is 0. The maximum Gasteiger partial charge on any atom is 0.0349 e.